The lowest BCUT2D eigenvalue weighted by Gasteiger charge is -2.04. The van der Waals surface area contributed by atoms with E-state index >= 15 is 0 Å². The quantitative estimate of drug-likeness (QED) is 0.695. The predicted octanol–water partition coefficient (Wildman–Crippen LogP) is 2.90. The molecule has 0 spiro atoms. The number of hydrogen-bond acceptors (Lipinski definition) is 2. The van der Waals surface area contributed by atoms with Crippen LogP contribution in [-0.2, 0) is 0 Å². The van der Waals surface area contributed by atoms with Gasteiger partial charge in [-0.3, -0.25) is 4.98 Å². The van der Waals surface area contributed by atoms with E-state index in [1.54, 1.807) is 19.4 Å². The average Bonchev–Trinajstić information content (AvgIpc) is 2.16. The van der Waals surface area contributed by atoms with Crippen LogP contribution in [0.25, 0.3) is 10.9 Å². The molecule has 0 bridgehead atoms. The molecule has 1 aromatic carbocycles. The second-order valence-corrected chi connectivity index (χ2v) is 3.11. The molecule has 0 N–H and O–H groups in total. The monoisotopic (exact) mass is 193 g/mol. The molecule has 3 heteroatoms. The highest BCUT2D eigenvalue weighted by atomic mass is 35.5. The average molecular weight is 194 g/mol. The van der Waals surface area contributed by atoms with Crippen molar-refractivity contribution in [1.82, 2.24) is 4.98 Å². The van der Waals surface area contributed by atoms with E-state index in [4.69, 9.17) is 16.3 Å². The van der Waals surface area contributed by atoms with Gasteiger partial charge in [-0.25, -0.2) is 0 Å². The topological polar surface area (TPSA) is 22.1 Å². The lowest BCUT2D eigenvalue weighted by molar-refractivity contribution is 0.420. The van der Waals surface area contributed by atoms with Crippen LogP contribution in [0.5, 0.6) is 5.75 Å². The highest BCUT2D eigenvalue weighted by molar-refractivity contribution is 6.31. The Hall–Kier alpha value is -1.28. The van der Waals surface area contributed by atoms with Crippen molar-refractivity contribution >= 4 is 22.5 Å². The van der Waals surface area contributed by atoms with Crippen LogP contribution in [0, 0.1) is 0 Å². The number of pyridine rings is 1. The fourth-order valence-corrected chi connectivity index (χ4v) is 1.49. The molecule has 0 amide bonds. The molecule has 0 atom stereocenters. The second-order valence-electron chi connectivity index (χ2n) is 2.68. The number of aromatic nitrogens is 1. The van der Waals surface area contributed by atoms with Crippen LogP contribution < -0.4 is 4.74 Å². The first-order valence-corrected chi connectivity index (χ1v) is 4.27. The predicted molar refractivity (Wildman–Crippen MR) is 53.3 cm³/mol. The summed E-state index contributed by atoms with van der Waals surface area (Å²) in [6, 6.07) is 7.43. The number of halogens is 1. The van der Waals surface area contributed by atoms with Crippen LogP contribution >= 0.6 is 11.6 Å². The van der Waals surface area contributed by atoms with Crippen molar-refractivity contribution in [1.29, 1.82) is 0 Å². The highest BCUT2D eigenvalue weighted by Crippen LogP contribution is 2.27. The SMILES string of the molecule is COc1cc(Cl)cc2ncccc12. The first-order chi connectivity index (χ1) is 6.31. The number of ether oxygens (including phenoxy) is 1. The number of benzene rings is 1. The van der Waals surface area contributed by atoms with Crippen LogP contribution in [-0.4, -0.2) is 12.1 Å². The van der Waals surface area contributed by atoms with Crippen molar-refractivity contribution in [3.63, 3.8) is 0 Å². The normalized spacial score (nSPS) is 10.3. The summed E-state index contributed by atoms with van der Waals surface area (Å²) in [7, 11) is 1.62. The third-order valence-electron chi connectivity index (χ3n) is 1.87. The molecule has 0 radical (unpaired) electrons. The van der Waals surface area contributed by atoms with E-state index in [1.807, 2.05) is 18.2 Å². The molecule has 0 unspecified atom stereocenters. The van der Waals surface area contributed by atoms with Crippen molar-refractivity contribution in [2.75, 3.05) is 7.11 Å². The van der Waals surface area contributed by atoms with Crippen molar-refractivity contribution < 1.29 is 4.74 Å². The Morgan fingerprint density at radius 3 is 3.00 bits per heavy atom. The molecular formula is C10H8ClNO. The Morgan fingerprint density at radius 2 is 2.23 bits per heavy atom. The van der Waals surface area contributed by atoms with Crippen LogP contribution in [0.4, 0.5) is 0 Å². The maximum Gasteiger partial charge on any atom is 0.129 e. The van der Waals surface area contributed by atoms with Crippen LogP contribution in [0.3, 0.4) is 0 Å². The minimum atomic E-state index is 0.642. The largest absolute Gasteiger partial charge is 0.496 e. The van der Waals surface area contributed by atoms with E-state index in [9.17, 15) is 0 Å². The van der Waals surface area contributed by atoms with Gasteiger partial charge >= 0.3 is 0 Å². The Labute approximate surface area is 81.1 Å². The van der Waals surface area contributed by atoms with Crippen LogP contribution in [0.1, 0.15) is 0 Å². The molecule has 0 saturated heterocycles. The number of hydrogen-bond donors (Lipinski definition) is 0. The van der Waals surface area contributed by atoms with Crippen LogP contribution in [0.2, 0.25) is 5.02 Å². The molecule has 0 saturated carbocycles. The summed E-state index contributed by atoms with van der Waals surface area (Å²) in [5.41, 5.74) is 0.854. The Kier molecular flexibility index (Phi) is 2.07. The Balaban J connectivity index is 2.81. The first-order valence-electron chi connectivity index (χ1n) is 3.89. The van der Waals surface area contributed by atoms with Gasteiger partial charge in [0.25, 0.3) is 0 Å². The fourth-order valence-electron chi connectivity index (χ4n) is 1.29. The van der Waals surface area contributed by atoms with E-state index in [0.29, 0.717) is 5.02 Å². The zero-order valence-electron chi connectivity index (χ0n) is 7.12. The van der Waals surface area contributed by atoms with Gasteiger partial charge in [-0.05, 0) is 24.3 Å². The van der Waals surface area contributed by atoms with Crippen LogP contribution in [0.15, 0.2) is 30.5 Å². The lowest BCUT2D eigenvalue weighted by atomic mass is 10.2. The lowest BCUT2D eigenvalue weighted by Crippen LogP contribution is -1.86. The molecule has 66 valence electrons. The maximum absolute atomic E-state index is 5.88. The number of rotatable bonds is 1. The van der Waals surface area contributed by atoms with Gasteiger partial charge in [-0.1, -0.05) is 11.6 Å². The van der Waals surface area contributed by atoms with E-state index in [1.165, 1.54) is 0 Å². The zero-order chi connectivity index (χ0) is 9.26. The fraction of sp³-hybridized carbons (Fsp3) is 0.100. The summed E-state index contributed by atoms with van der Waals surface area (Å²) in [6.07, 6.45) is 1.73. The number of nitrogens with zero attached hydrogens (tertiary/aromatic N) is 1. The number of methoxy groups -OCH3 is 1. The van der Waals surface area contributed by atoms with Gasteiger partial charge in [0, 0.05) is 16.6 Å². The minimum absolute atomic E-state index is 0.642. The molecule has 0 aliphatic carbocycles. The summed E-state index contributed by atoms with van der Waals surface area (Å²) < 4.78 is 5.18. The third-order valence-corrected chi connectivity index (χ3v) is 2.09. The molecule has 2 nitrogen and oxygen atoms in total. The molecule has 2 rings (SSSR count). The maximum atomic E-state index is 5.88. The zero-order valence-corrected chi connectivity index (χ0v) is 7.88. The van der Waals surface area contributed by atoms with E-state index in [0.717, 1.165) is 16.7 Å². The molecule has 0 aliphatic rings. The van der Waals surface area contributed by atoms with Crippen molar-refractivity contribution in [2.24, 2.45) is 0 Å². The van der Waals surface area contributed by atoms with Gasteiger partial charge in [-0.15, -0.1) is 0 Å². The summed E-state index contributed by atoms with van der Waals surface area (Å²) in [4.78, 5) is 4.19. The summed E-state index contributed by atoms with van der Waals surface area (Å²) in [5, 5.41) is 1.62. The second kappa shape index (κ2) is 3.23. The van der Waals surface area contributed by atoms with Gasteiger partial charge in [-0.2, -0.15) is 0 Å². The summed E-state index contributed by atoms with van der Waals surface area (Å²) in [6.45, 7) is 0. The van der Waals surface area contributed by atoms with Gasteiger partial charge in [0.1, 0.15) is 5.75 Å². The molecule has 13 heavy (non-hydrogen) atoms. The van der Waals surface area contributed by atoms with Crippen molar-refractivity contribution in [2.45, 2.75) is 0 Å². The molecule has 0 fully saturated rings. The Bertz CT molecular complexity index is 442. The first kappa shape index (κ1) is 8.32. The smallest absolute Gasteiger partial charge is 0.129 e. The summed E-state index contributed by atoms with van der Waals surface area (Å²) >= 11 is 5.88. The Morgan fingerprint density at radius 1 is 1.38 bits per heavy atom. The molecule has 2 aromatic rings. The van der Waals surface area contributed by atoms with Gasteiger partial charge < -0.3 is 4.74 Å². The summed E-state index contributed by atoms with van der Waals surface area (Å²) in [5.74, 6) is 0.760. The number of fused-ring (bicyclic) bond motifs is 1. The third kappa shape index (κ3) is 1.45. The van der Waals surface area contributed by atoms with E-state index in [-0.39, 0.29) is 0 Å². The molecule has 0 aliphatic heterocycles. The van der Waals surface area contributed by atoms with Gasteiger partial charge in [0.15, 0.2) is 0 Å². The van der Waals surface area contributed by atoms with Crippen molar-refractivity contribution in [3.8, 4) is 5.75 Å². The molecular weight excluding hydrogens is 186 g/mol. The molecule has 1 aromatic heterocycles. The standard InChI is InChI=1S/C10H8ClNO/c1-13-10-6-7(11)5-9-8(10)3-2-4-12-9/h2-6H,1H3. The van der Waals surface area contributed by atoms with E-state index < -0.39 is 0 Å². The minimum Gasteiger partial charge on any atom is -0.496 e. The van der Waals surface area contributed by atoms with E-state index in [2.05, 4.69) is 4.98 Å². The van der Waals surface area contributed by atoms with Gasteiger partial charge in [0.05, 0.1) is 12.6 Å². The van der Waals surface area contributed by atoms with Gasteiger partial charge in [0.2, 0.25) is 0 Å². The van der Waals surface area contributed by atoms with Crippen molar-refractivity contribution in [3.05, 3.63) is 35.5 Å². The highest BCUT2D eigenvalue weighted by Gasteiger charge is 2.02. The molecule has 1 heterocycles.